The topological polar surface area (TPSA) is 104 Å². The Kier molecular flexibility index (Phi) is 7.05. The largest absolute Gasteiger partial charge is 0.491 e. The molecule has 2 aromatic carbocycles. The number of carbonyl (C=O) groups is 4. The van der Waals surface area contributed by atoms with Crippen molar-refractivity contribution in [1.82, 2.24) is 4.90 Å². The van der Waals surface area contributed by atoms with Gasteiger partial charge in [0.05, 0.1) is 40.5 Å². The van der Waals surface area contributed by atoms with E-state index in [0.717, 1.165) is 22.1 Å². The van der Waals surface area contributed by atoms with Crippen LogP contribution in [0.2, 0.25) is 5.02 Å². The van der Waals surface area contributed by atoms with E-state index in [1.54, 1.807) is 19.1 Å². The van der Waals surface area contributed by atoms with Gasteiger partial charge in [-0.05, 0) is 82.3 Å². The van der Waals surface area contributed by atoms with Gasteiger partial charge in [-0.25, -0.2) is 9.29 Å². The molecule has 6 unspecified atom stereocenters. The van der Waals surface area contributed by atoms with E-state index in [-0.39, 0.29) is 42.2 Å². The molecule has 0 aromatic heterocycles. The number of benzene rings is 2. The van der Waals surface area contributed by atoms with Crippen LogP contribution in [0.3, 0.4) is 0 Å². The summed E-state index contributed by atoms with van der Waals surface area (Å²) < 4.78 is 19.6. The fraction of sp³-hybridized carbons (Fsp3) is 0.455. The fourth-order valence-electron chi connectivity index (χ4n) is 7.85. The second-order valence-electron chi connectivity index (χ2n) is 13.1. The number of rotatable bonds is 5. The summed E-state index contributed by atoms with van der Waals surface area (Å²) in [6.45, 7) is 7.28. The highest BCUT2D eigenvalue weighted by Crippen LogP contribution is 2.63. The van der Waals surface area contributed by atoms with Crippen LogP contribution < -0.4 is 9.64 Å². The van der Waals surface area contributed by atoms with Gasteiger partial charge in [0.25, 0.3) is 0 Å². The van der Waals surface area contributed by atoms with Crippen LogP contribution in [-0.2, 0) is 19.2 Å². The summed E-state index contributed by atoms with van der Waals surface area (Å²) in [6.07, 6.45) is 2.59. The van der Waals surface area contributed by atoms with E-state index >= 15 is 0 Å². The number of aliphatic hydroxyl groups excluding tert-OH is 1. The van der Waals surface area contributed by atoms with Gasteiger partial charge in [-0.1, -0.05) is 35.4 Å². The van der Waals surface area contributed by atoms with Gasteiger partial charge in [-0.3, -0.25) is 24.1 Å². The van der Waals surface area contributed by atoms with Crippen molar-refractivity contribution in [2.45, 2.75) is 52.0 Å². The number of anilines is 1. The van der Waals surface area contributed by atoms with Gasteiger partial charge in [-0.15, -0.1) is 0 Å². The van der Waals surface area contributed by atoms with Crippen LogP contribution in [-0.4, -0.2) is 52.4 Å². The Hall–Kier alpha value is -3.56. The number of imide groups is 2. The lowest BCUT2D eigenvalue weighted by atomic mass is 9.51. The Labute approximate surface area is 254 Å². The molecule has 2 heterocycles. The van der Waals surface area contributed by atoms with Gasteiger partial charge >= 0.3 is 0 Å². The lowest BCUT2D eigenvalue weighted by Crippen LogP contribution is -2.49. The van der Waals surface area contributed by atoms with Crippen molar-refractivity contribution in [3.05, 3.63) is 70.5 Å². The monoisotopic (exact) mass is 608 g/mol. The summed E-state index contributed by atoms with van der Waals surface area (Å²) in [5.74, 6) is -4.40. The van der Waals surface area contributed by atoms with E-state index < -0.39 is 58.2 Å². The number of halogens is 2. The first kappa shape index (κ1) is 29.5. The van der Waals surface area contributed by atoms with E-state index in [2.05, 4.69) is 0 Å². The molecule has 2 saturated heterocycles. The fourth-order valence-corrected chi connectivity index (χ4v) is 8.02. The number of ether oxygens (including phenoxy) is 1. The molecular weight excluding hydrogens is 575 g/mol. The summed E-state index contributed by atoms with van der Waals surface area (Å²) in [5, 5.41) is 8.95. The third-order valence-corrected chi connectivity index (χ3v) is 9.97. The van der Waals surface area contributed by atoms with E-state index in [4.69, 9.17) is 21.4 Å². The highest BCUT2D eigenvalue weighted by atomic mass is 35.5. The molecule has 2 aromatic rings. The molecule has 0 bridgehead atoms. The zero-order chi connectivity index (χ0) is 31.0. The van der Waals surface area contributed by atoms with Gasteiger partial charge in [0.1, 0.15) is 18.2 Å². The van der Waals surface area contributed by atoms with Crippen LogP contribution in [0.5, 0.6) is 5.75 Å². The van der Waals surface area contributed by atoms with Gasteiger partial charge in [0.15, 0.2) is 0 Å². The number of hydrogen-bond donors (Lipinski definition) is 1. The third-order valence-electron chi connectivity index (χ3n) is 9.68. The Morgan fingerprint density at radius 3 is 2.35 bits per heavy atom. The van der Waals surface area contributed by atoms with E-state index in [0.29, 0.717) is 12.2 Å². The Morgan fingerprint density at radius 1 is 1.02 bits per heavy atom. The molecule has 2 aliphatic carbocycles. The molecule has 0 radical (unpaired) electrons. The van der Waals surface area contributed by atoms with Crippen LogP contribution >= 0.6 is 11.6 Å². The first-order chi connectivity index (χ1) is 20.3. The second kappa shape index (κ2) is 10.3. The van der Waals surface area contributed by atoms with Crippen molar-refractivity contribution >= 4 is 40.9 Å². The van der Waals surface area contributed by atoms with Crippen molar-refractivity contribution in [2.24, 2.45) is 29.1 Å². The number of fused-ring (bicyclic) bond motifs is 4. The van der Waals surface area contributed by atoms with Crippen molar-refractivity contribution in [3.63, 3.8) is 0 Å². The number of amides is 4. The molecule has 43 heavy (non-hydrogen) atoms. The normalized spacial score (nSPS) is 30.3. The maximum Gasteiger partial charge on any atom is 0.241 e. The zero-order valence-electron chi connectivity index (χ0n) is 24.5. The minimum atomic E-state index is -1.23. The first-order valence-electron chi connectivity index (χ1n) is 14.6. The standard InChI is InChI=1S/C33H34ClFN2O6/c1-32(2,3)37-28(39)21-11-10-20-22(26(21)30(37)41)16-23-29(40)36(18-7-12-25(35)24(34)15-18)31(42)33(23,4)27(20)17-5-8-19(9-6-17)43-14-13-38/h5-10,12,15,21-23,26-27,38H,11,13-14,16H2,1-4H3. The SMILES string of the molecule is CC12C(=O)N(c3ccc(F)c(Cl)c3)C(=O)C1CC1C(=CCC3C(=O)N(C(C)(C)C)C(=O)C31)C2c1ccc(OCCO)cc1. The number of aliphatic hydroxyl groups is 1. The van der Waals surface area contributed by atoms with Crippen LogP contribution in [0.4, 0.5) is 10.1 Å². The molecule has 4 amide bonds. The predicted octanol–water partition coefficient (Wildman–Crippen LogP) is 4.88. The molecular formula is C33H34ClFN2O6. The third kappa shape index (κ3) is 4.34. The number of likely N-dealkylation sites (tertiary alicyclic amines) is 1. The average molecular weight is 609 g/mol. The minimum Gasteiger partial charge on any atom is -0.491 e. The summed E-state index contributed by atoms with van der Waals surface area (Å²) >= 11 is 6.06. The van der Waals surface area contributed by atoms with Crippen molar-refractivity contribution in [2.75, 3.05) is 18.1 Å². The van der Waals surface area contributed by atoms with Crippen molar-refractivity contribution < 1.29 is 33.4 Å². The predicted molar refractivity (Wildman–Crippen MR) is 157 cm³/mol. The highest BCUT2D eigenvalue weighted by Gasteiger charge is 2.68. The summed E-state index contributed by atoms with van der Waals surface area (Å²) in [6, 6.07) is 11.0. The molecule has 6 rings (SSSR count). The summed E-state index contributed by atoms with van der Waals surface area (Å²) in [5.41, 5.74) is -0.0971. The van der Waals surface area contributed by atoms with Gasteiger partial charge in [-0.2, -0.15) is 0 Å². The van der Waals surface area contributed by atoms with E-state index in [1.807, 2.05) is 39.0 Å². The number of carbonyl (C=O) groups excluding carboxylic acids is 4. The molecule has 8 nitrogen and oxygen atoms in total. The number of hydrogen-bond acceptors (Lipinski definition) is 6. The molecule has 3 fully saturated rings. The molecule has 6 atom stereocenters. The van der Waals surface area contributed by atoms with E-state index in [1.165, 1.54) is 17.0 Å². The van der Waals surface area contributed by atoms with Crippen molar-refractivity contribution in [1.29, 1.82) is 0 Å². The maximum absolute atomic E-state index is 14.4. The van der Waals surface area contributed by atoms with Crippen LogP contribution in [0.1, 0.15) is 52.0 Å². The average Bonchev–Trinajstić information content (AvgIpc) is 3.33. The molecule has 226 valence electrons. The molecule has 1 N–H and O–H groups in total. The molecule has 1 saturated carbocycles. The van der Waals surface area contributed by atoms with E-state index in [9.17, 15) is 23.6 Å². The smallest absolute Gasteiger partial charge is 0.241 e. The number of allylic oxidation sites excluding steroid dienone is 2. The van der Waals surface area contributed by atoms with Gasteiger partial charge in [0, 0.05) is 11.5 Å². The quantitative estimate of drug-likeness (QED) is 0.383. The molecule has 4 aliphatic rings. The highest BCUT2D eigenvalue weighted by molar-refractivity contribution is 6.31. The van der Waals surface area contributed by atoms with Gasteiger partial charge < -0.3 is 9.84 Å². The minimum absolute atomic E-state index is 0.126. The van der Waals surface area contributed by atoms with Gasteiger partial charge in [0.2, 0.25) is 23.6 Å². The number of nitrogens with zero attached hydrogens (tertiary/aromatic N) is 2. The van der Waals surface area contributed by atoms with Crippen LogP contribution in [0, 0.1) is 34.9 Å². The Morgan fingerprint density at radius 2 is 1.72 bits per heavy atom. The summed E-state index contributed by atoms with van der Waals surface area (Å²) in [7, 11) is 0. The maximum atomic E-state index is 14.4. The molecule has 10 heteroatoms. The first-order valence-corrected chi connectivity index (χ1v) is 14.9. The Bertz CT molecular complexity index is 1570. The summed E-state index contributed by atoms with van der Waals surface area (Å²) in [4.78, 5) is 58.5. The molecule has 0 spiro atoms. The lowest BCUT2D eigenvalue weighted by Gasteiger charge is -2.49. The van der Waals surface area contributed by atoms with Crippen LogP contribution in [0.25, 0.3) is 0 Å². The van der Waals surface area contributed by atoms with Crippen molar-refractivity contribution in [3.8, 4) is 5.75 Å². The second-order valence-corrected chi connectivity index (χ2v) is 13.5. The zero-order valence-corrected chi connectivity index (χ0v) is 25.2. The lowest BCUT2D eigenvalue weighted by molar-refractivity contribution is -0.145. The molecule has 2 aliphatic heterocycles. The van der Waals surface area contributed by atoms with Crippen LogP contribution in [0.15, 0.2) is 54.1 Å². The Balaban J connectivity index is 1.49.